The predicted octanol–water partition coefficient (Wildman–Crippen LogP) is 2.99. The van der Waals surface area contributed by atoms with Crippen LogP contribution in [0.2, 0.25) is 5.02 Å². The quantitative estimate of drug-likeness (QED) is 0.544. The second kappa shape index (κ2) is 9.57. The van der Waals surface area contributed by atoms with E-state index in [1.165, 1.54) is 24.3 Å². The average molecular weight is 477 g/mol. The van der Waals surface area contributed by atoms with Crippen LogP contribution in [0.25, 0.3) is 0 Å². The maximum absolute atomic E-state index is 13.0. The Hall–Kier alpha value is -2.84. The van der Waals surface area contributed by atoms with E-state index in [-0.39, 0.29) is 30.8 Å². The Morgan fingerprint density at radius 3 is 1.97 bits per heavy atom. The first-order valence-corrected chi connectivity index (χ1v) is 11.2. The van der Waals surface area contributed by atoms with E-state index in [1.807, 2.05) is 0 Å². The normalized spacial score (nSPS) is 25.8. The molecule has 3 aliphatic carbocycles. The summed E-state index contributed by atoms with van der Waals surface area (Å²) in [6.45, 7) is -0.369. The molecule has 0 heterocycles. The van der Waals surface area contributed by atoms with Crippen molar-refractivity contribution in [3.05, 3.63) is 59.4 Å². The van der Waals surface area contributed by atoms with Crippen LogP contribution < -0.4 is 20.1 Å². The van der Waals surface area contributed by atoms with Gasteiger partial charge in [0.15, 0.2) is 13.2 Å². The van der Waals surface area contributed by atoms with E-state index in [0.717, 1.165) is 0 Å². The molecule has 2 amide bonds. The molecular formula is C24H26ClFN2O5. The number of rotatable bonds is 8. The summed E-state index contributed by atoms with van der Waals surface area (Å²) in [4.78, 5) is 24.9. The van der Waals surface area contributed by atoms with Crippen LogP contribution >= 0.6 is 11.6 Å². The molecule has 0 aromatic heterocycles. The second-order valence-corrected chi connectivity index (χ2v) is 9.17. The van der Waals surface area contributed by atoms with Crippen LogP contribution in [0.4, 0.5) is 4.39 Å². The summed E-state index contributed by atoms with van der Waals surface area (Å²) in [5.41, 5.74) is -1.26. The molecule has 0 aliphatic heterocycles. The van der Waals surface area contributed by atoms with Crippen molar-refractivity contribution in [2.24, 2.45) is 0 Å². The maximum atomic E-state index is 13.0. The van der Waals surface area contributed by atoms with Crippen molar-refractivity contribution in [2.45, 2.75) is 49.3 Å². The van der Waals surface area contributed by atoms with E-state index in [2.05, 4.69) is 10.6 Å². The largest absolute Gasteiger partial charge is 0.484 e. The first-order chi connectivity index (χ1) is 15.8. The van der Waals surface area contributed by atoms with Crippen molar-refractivity contribution in [2.75, 3.05) is 13.2 Å². The highest BCUT2D eigenvalue weighted by Crippen LogP contribution is 2.47. The molecule has 33 heavy (non-hydrogen) atoms. The Balaban J connectivity index is 1.27. The van der Waals surface area contributed by atoms with Crippen molar-refractivity contribution in [3.63, 3.8) is 0 Å². The number of nitrogens with one attached hydrogen (secondary N) is 2. The fourth-order valence-corrected chi connectivity index (χ4v) is 4.79. The van der Waals surface area contributed by atoms with Crippen molar-refractivity contribution in [3.8, 4) is 11.5 Å². The number of halogens is 2. The molecule has 3 aliphatic rings. The molecule has 0 saturated heterocycles. The monoisotopic (exact) mass is 476 g/mol. The zero-order chi connectivity index (χ0) is 23.5. The molecule has 2 bridgehead atoms. The number of aliphatic hydroxyl groups is 1. The van der Waals surface area contributed by atoms with Gasteiger partial charge in [0.25, 0.3) is 11.8 Å². The number of ether oxygens (including phenoxy) is 2. The minimum Gasteiger partial charge on any atom is -0.484 e. The Morgan fingerprint density at radius 1 is 0.909 bits per heavy atom. The van der Waals surface area contributed by atoms with Crippen LogP contribution in [0.15, 0.2) is 48.5 Å². The van der Waals surface area contributed by atoms with Crippen LogP contribution in [0, 0.1) is 5.82 Å². The number of hydrogen-bond donors (Lipinski definition) is 3. The molecule has 1 atom stereocenters. The number of fused-ring (bicyclic) bond motifs is 3. The SMILES string of the molecule is O=C(COc1ccc(Cl)cc1)NC12CCC(NC(=O)COc3ccc(F)cc3)(CC1)[C@@H](O)C2. The van der Waals surface area contributed by atoms with E-state index in [4.69, 9.17) is 21.1 Å². The summed E-state index contributed by atoms with van der Waals surface area (Å²) in [5.74, 6) is -0.0646. The van der Waals surface area contributed by atoms with Crippen LogP contribution in [0.5, 0.6) is 11.5 Å². The van der Waals surface area contributed by atoms with Gasteiger partial charge in [0.1, 0.15) is 17.3 Å². The van der Waals surface area contributed by atoms with Crippen LogP contribution in [0.3, 0.4) is 0 Å². The van der Waals surface area contributed by atoms with E-state index < -0.39 is 17.2 Å². The fraction of sp³-hybridized carbons (Fsp3) is 0.417. The highest BCUT2D eigenvalue weighted by molar-refractivity contribution is 6.30. The number of amides is 2. The summed E-state index contributed by atoms with van der Waals surface area (Å²) in [6, 6.07) is 12.2. The van der Waals surface area contributed by atoms with Crippen molar-refractivity contribution >= 4 is 23.4 Å². The molecule has 9 heteroatoms. The standard InChI is InChI=1S/C24H26ClFN2O5/c25-16-1-5-18(6-2-16)32-14-21(30)27-23-9-11-24(12-10-23,20(29)13-23)28-22(31)15-33-19-7-3-17(26)4-8-19/h1-8,20,29H,9-15H2,(H,27,30)(H,28,31)/t20-,23?,24?/m0/s1. The summed E-state index contributed by atoms with van der Waals surface area (Å²) < 4.78 is 23.9. The number of benzene rings is 2. The Bertz CT molecular complexity index is 991. The molecule has 3 saturated carbocycles. The summed E-state index contributed by atoms with van der Waals surface area (Å²) in [7, 11) is 0. The lowest BCUT2D eigenvalue weighted by Crippen LogP contribution is -2.70. The highest BCUT2D eigenvalue weighted by Gasteiger charge is 2.55. The number of carbonyl (C=O) groups excluding carboxylic acids is 2. The average Bonchev–Trinajstić information content (AvgIpc) is 2.79. The van der Waals surface area contributed by atoms with E-state index in [0.29, 0.717) is 48.6 Å². The molecule has 0 radical (unpaired) electrons. The van der Waals surface area contributed by atoms with Gasteiger partial charge in [0.05, 0.1) is 11.6 Å². The van der Waals surface area contributed by atoms with Crippen LogP contribution in [0.1, 0.15) is 32.1 Å². The first kappa shape index (κ1) is 23.3. The van der Waals surface area contributed by atoms with E-state index >= 15 is 0 Å². The van der Waals surface area contributed by atoms with Gasteiger partial charge in [-0.3, -0.25) is 9.59 Å². The Morgan fingerprint density at radius 2 is 1.42 bits per heavy atom. The van der Waals surface area contributed by atoms with Gasteiger partial charge in [-0.2, -0.15) is 0 Å². The molecule has 2 aromatic rings. The van der Waals surface area contributed by atoms with Gasteiger partial charge in [0, 0.05) is 10.6 Å². The van der Waals surface area contributed by atoms with E-state index in [1.54, 1.807) is 24.3 Å². The summed E-state index contributed by atoms with van der Waals surface area (Å²) in [6.07, 6.45) is 1.89. The minimum atomic E-state index is -0.799. The summed E-state index contributed by atoms with van der Waals surface area (Å²) >= 11 is 5.85. The highest BCUT2D eigenvalue weighted by atomic mass is 35.5. The van der Waals surface area contributed by atoms with E-state index in [9.17, 15) is 19.1 Å². The molecule has 176 valence electrons. The first-order valence-electron chi connectivity index (χ1n) is 10.8. The van der Waals surface area contributed by atoms with Crippen molar-refractivity contribution < 1.29 is 28.6 Å². The lowest BCUT2D eigenvalue weighted by atomic mass is 9.60. The number of hydrogen-bond acceptors (Lipinski definition) is 5. The van der Waals surface area contributed by atoms with Crippen molar-refractivity contribution in [1.29, 1.82) is 0 Å². The molecule has 5 rings (SSSR count). The smallest absolute Gasteiger partial charge is 0.258 e. The number of carbonyl (C=O) groups is 2. The van der Waals surface area contributed by atoms with Gasteiger partial charge in [-0.25, -0.2) is 4.39 Å². The third-order valence-corrected chi connectivity index (χ3v) is 6.73. The second-order valence-electron chi connectivity index (χ2n) is 8.74. The van der Waals surface area contributed by atoms with Crippen LogP contribution in [-0.2, 0) is 9.59 Å². The van der Waals surface area contributed by atoms with Crippen molar-refractivity contribution in [1.82, 2.24) is 10.6 Å². The zero-order valence-corrected chi connectivity index (χ0v) is 18.7. The molecule has 3 N–H and O–H groups in total. The maximum Gasteiger partial charge on any atom is 0.258 e. The van der Waals surface area contributed by atoms with Gasteiger partial charge < -0.3 is 25.2 Å². The van der Waals surface area contributed by atoms with Gasteiger partial charge in [-0.15, -0.1) is 0 Å². The Kier molecular flexibility index (Phi) is 6.76. The molecule has 2 aromatic carbocycles. The minimum absolute atomic E-state index is 0.137. The van der Waals surface area contributed by atoms with Gasteiger partial charge in [-0.05, 0) is 80.6 Å². The molecular weight excluding hydrogens is 451 g/mol. The molecule has 7 nitrogen and oxygen atoms in total. The fourth-order valence-electron chi connectivity index (χ4n) is 4.67. The summed E-state index contributed by atoms with van der Waals surface area (Å²) in [5, 5.41) is 17.4. The predicted molar refractivity (Wildman–Crippen MR) is 120 cm³/mol. The molecule has 0 unspecified atom stereocenters. The third kappa shape index (κ3) is 5.57. The lowest BCUT2D eigenvalue weighted by molar-refractivity contribution is -0.137. The van der Waals surface area contributed by atoms with Gasteiger partial charge in [-0.1, -0.05) is 11.6 Å². The number of aliphatic hydroxyl groups excluding tert-OH is 1. The van der Waals surface area contributed by atoms with Crippen LogP contribution in [-0.4, -0.2) is 47.3 Å². The topological polar surface area (TPSA) is 96.9 Å². The van der Waals surface area contributed by atoms with Gasteiger partial charge in [0.2, 0.25) is 0 Å². The Labute approximate surface area is 196 Å². The lowest BCUT2D eigenvalue weighted by Gasteiger charge is -2.56. The molecule has 0 spiro atoms. The molecule has 3 fully saturated rings. The third-order valence-electron chi connectivity index (χ3n) is 6.48. The zero-order valence-electron chi connectivity index (χ0n) is 18.0. The van der Waals surface area contributed by atoms with Gasteiger partial charge >= 0.3 is 0 Å².